The van der Waals surface area contributed by atoms with Gasteiger partial charge in [0.05, 0.1) is 6.42 Å². The molecule has 0 aromatic heterocycles. The highest BCUT2D eigenvalue weighted by Crippen LogP contribution is 2.50. The molecule has 0 atom stereocenters. The summed E-state index contributed by atoms with van der Waals surface area (Å²) in [4.78, 5) is 13.6. The van der Waals surface area contributed by atoms with Crippen LogP contribution in [0, 0.1) is 11.3 Å². The normalized spacial score (nSPS) is 22.3. The summed E-state index contributed by atoms with van der Waals surface area (Å²) in [6.07, 6.45) is 9.19. The van der Waals surface area contributed by atoms with E-state index in [2.05, 4.69) is 18.7 Å². The molecule has 2 fully saturated rings. The summed E-state index contributed by atoms with van der Waals surface area (Å²) in [6.45, 7) is 6.73. The Kier molecular flexibility index (Phi) is 4.88. The van der Waals surface area contributed by atoms with Crippen molar-refractivity contribution in [1.29, 1.82) is 0 Å². The van der Waals surface area contributed by atoms with Crippen molar-refractivity contribution < 1.29 is 9.90 Å². The van der Waals surface area contributed by atoms with E-state index in [0.717, 1.165) is 37.9 Å². The number of rotatable bonds is 8. The minimum atomic E-state index is -0.618. The smallest absolute Gasteiger partial charge is 0.303 e. The summed E-state index contributed by atoms with van der Waals surface area (Å²) in [5.41, 5.74) is 0.116. The molecule has 3 nitrogen and oxygen atoms in total. The second kappa shape index (κ2) is 6.25. The van der Waals surface area contributed by atoms with Crippen LogP contribution in [0.3, 0.4) is 0 Å². The lowest BCUT2D eigenvalue weighted by Crippen LogP contribution is -2.39. The van der Waals surface area contributed by atoms with Crippen LogP contribution in [-0.2, 0) is 4.79 Å². The van der Waals surface area contributed by atoms with Gasteiger partial charge in [-0.3, -0.25) is 9.69 Å². The molecule has 0 amide bonds. The minimum Gasteiger partial charge on any atom is -0.481 e. The first-order valence-electron chi connectivity index (χ1n) is 7.97. The fourth-order valence-electron chi connectivity index (χ4n) is 3.40. The van der Waals surface area contributed by atoms with Gasteiger partial charge >= 0.3 is 5.97 Å². The molecule has 0 bridgehead atoms. The van der Waals surface area contributed by atoms with E-state index >= 15 is 0 Å². The van der Waals surface area contributed by atoms with E-state index < -0.39 is 5.97 Å². The van der Waals surface area contributed by atoms with Gasteiger partial charge in [0.15, 0.2) is 0 Å². The fourth-order valence-corrected chi connectivity index (χ4v) is 3.40. The number of hydrogen-bond acceptors (Lipinski definition) is 2. The summed E-state index contributed by atoms with van der Waals surface area (Å²) in [7, 11) is 0. The molecule has 110 valence electrons. The van der Waals surface area contributed by atoms with Gasteiger partial charge in [0.25, 0.3) is 0 Å². The largest absolute Gasteiger partial charge is 0.481 e. The Hall–Kier alpha value is -0.570. The van der Waals surface area contributed by atoms with Gasteiger partial charge in [0, 0.05) is 12.6 Å². The van der Waals surface area contributed by atoms with Crippen molar-refractivity contribution in [3.8, 4) is 0 Å². The first-order chi connectivity index (χ1) is 9.01. The van der Waals surface area contributed by atoms with Gasteiger partial charge in [-0.05, 0) is 50.0 Å². The van der Waals surface area contributed by atoms with Crippen LogP contribution >= 0.6 is 0 Å². The van der Waals surface area contributed by atoms with Crippen LogP contribution in [0.15, 0.2) is 0 Å². The molecule has 0 heterocycles. The monoisotopic (exact) mass is 267 g/mol. The zero-order valence-corrected chi connectivity index (χ0v) is 12.5. The highest BCUT2D eigenvalue weighted by molar-refractivity contribution is 5.68. The van der Waals surface area contributed by atoms with E-state index in [-0.39, 0.29) is 5.41 Å². The maximum atomic E-state index is 11.0. The van der Waals surface area contributed by atoms with Crippen LogP contribution < -0.4 is 0 Å². The van der Waals surface area contributed by atoms with Gasteiger partial charge < -0.3 is 5.11 Å². The summed E-state index contributed by atoms with van der Waals surface area (Å²) in [6, 6.07) is 0.727. The fraction of sp³-hybridized carbons (Fsp3) is 0.938. The quantitative estimate of drug-likeness (QED) is 0.731. The molecular weight excluding hydrogens is 238 g/mol. The van der Waals surface area contributed by atoms with E-state index in [1.807, 2.05) is 0 Å². The molecule has 2 aliphatic rings. The Morgan fingerprint density at radius 3 is 2.42 bits per heavy atom. The topological polar surface area (TPSA) is 40.5 Å². The molecule has 0 saturated heterocycles. The van der Waals surface area contributed by atoms with Gasteiger partial charge in [0.2, 0.25) is 0 Å². The average Bonchev–Trinajstić information content (AvgIpc) is 2.87. The molecule has 3 heteroatoms. The number of carbonyl (C=O) groups is 1. The van der Waals surface area contributed by atoms with Crippen molar-refractivity contribution in [1.82, 2.24) is 4.90 Å². The molecule has 1 N–H and O–H groups in total. The highest BCUT2D eigenvalue weighted by atomic mass is 16.4. The standard InChI is InChI=1S/C16H29NO2/c1-13(2)7-10-17(14-5-3-4-6-14)12-16(8-9-16)11-15(18)19/h13-14H,3-12H2,1-2H3,(H,18,19). The third kappa shape index (κ3) is 4.48. The van der Waals surface area contributed by atoms with E-state index in [1.165, 1.54) is 32.1 Å². The van der Waals surface area contributed by atoms with Crippen LogP contribution in [-0.4, -0.2) is 35.1 Å². The number of aliphatic carboxylic acids is 1. The highest BCUT2D eigenvalue weighted by Gasteiger charge is 2.46. The van der Waals surface area contributed by atoms with Crippen molar-refractivity contribution >= 4 is 5.97 Å². The van der Waals surface area contributed by atoms with Crippen molar-refractivity contribution in [2.45, 2.75) is 71.3 Å². The Bertz CT molecular complexity index is 304. The van der Waals surface area contributed by atoms with Gasteiger partial charge in [0.1, 0.15) is 0 Å². The molecule has 19 heavy (non-hydrogen) atoms. The maximum absolute atomic E-state index is 11.0. The molecule has 2 aliphatic carbocycles. The molecule has 0 spiro atoms. The number of nitrogens with zero attached hydrogens (tertiary/aromatic N) is 1. The third-order valence-electron chi connectivity index (χ3n) is 4.86. The Labute approximate surface area is 117 Å². The predicted molar refractivity (Wildman–Crippen MR) is 77.2 cm³/mol. The second-order valence-electron chi connectivity index (χ2n) is 7.16. The van der Waals surface area contributed by atoms with Crippen LogP contribution in [0.2, 0.25) is 0 Å². The molecule has 0 aliphatic heterocycles. The maximum Gasteiger partial charge on any atom is 0.303 e. The van der Waals surface area contributed by atoms with Crippen LogP contribution in [0.5, 0.6) is 0 Å². The molecule has 0 unspecified atom stereocenters. The van der Waals surface area contributed by atoms with Crippen LogP contribution in [0.4, 0.5) is 0 Å². The van der Waals surface area contributed by atoms with E-state index in [1.54, 1.807) is 0 Å². The Balaban J connectivity index is 1.90. The van der Waals surface area contributed by atoms with Crippen molar-refractivity contribution in [3.05, 3.63) is 0 Å². The Morgan fingerprint density at radius 2 is 1.95 bits per heavy atom. The van der Waals surface area contributed by atoms with Crippen molar-refractivity contribution in [2.75, 3.05) is 13.1 Å². The molecule has 2 rings (SSSR count). The number of carboxylic acids is 1. The summed E-state index contributed by atoms with van der Waals surface area (Å²) in [5.74, 6) is 0.117. The van der Waals surface area contributed by atoms with Crippen LogP contribution in [0.25, 0.3) is 0 Å². The van der Waals surface area contributed by atoms with Gasteiger partial charge in [-0.25, -0.2) is 0 Å². The lowest BCUT2D eigenvalue weighted by atomic mass is 9.99. The average molecular weight is 267 g/mol. The lowest BCUT2D eigenvalue weighted by molar-refractivity contribution is -0.138. The first-order valence-corrected chi connectivity index (χ1v) is 7.97. The second-order valence-corrected chi connectivity index (χ2v) is 7.16. The summed E-state index contributed by atoms with van der Waals surface area (Å²) < 4.78 is 0. The van der Waals surface area contributed by atoms with Gasteiger partial charge in [-0.1, -0.05) is 26.7 Å². The molecular formula is C16H29NO2. The zero-order chi connectivity index (χ0) is 13.9. The molecule has 0 radical (unpaired) electrons. The van der Waals surface area contributed by atoms with Gasteiger partial charge in [-0.15, -0.1) is 0 Å². The number of carboxylic acid groups (broad SMARTS) is 1. The van der Waals surface area contributed by atoms with E-state index in [4.69, 9.17) is 5.11 Å². The van der Waals surface area contributed by atoms with Crippen molar-refractivity contribution in [3.63, 3.8) is 0 Å². The summed E-state index contributed by atoms with van der Waals surface area (Å²) in [5, 5.41) is 9.07. The van der Waals surface area contributed by atoms with Gasteiger partial charge in [-0.2, -0.15) is 0 Å². The summed E-state index contributed by atoms with van der Waals surface area (Å²) >= 11 is 0. The van der Waals surface area contributed by atoms with E-state index in [0.29, 0.717) is 6.42 Å². The SMILES string of the molecule is CC(C)CCN(CC1(CC(=O)O)CC1)C1CCCC1. The van der Waals surface area contributed by atoms with E-state index in [9.17, 15) is 4.79 Å². The van der Waals surface area contributed by atoms with Crippen molar-refractivity contribution in [2.24, 2.45) is 11.3 Å². The zero-order valence-electron chi connectivity index (χ0n) is 12.5. The molecule has 0 aromatic carbocycles. The van der Waals surface area contributed by atoms with Crippen LogP contribution in [0.1, 0.15) is 65.2 Å². The lowest BCUT2D eigenvalue weighted by Gasteiger charge is -2.32. The number of hydrogen-bond donors (Lipinski definition) is 1. The molecule has 2 saturated carbocycles. The minimum absolute atomic E-state index is 0.116. The molecule has 0 aromatic rings. The predicted octanol–water partition coefficient (Wildman–Crippen LogP) is 3.53. The Morgan fingerprint density at radius 1 is 1.32 bits per heavy atom. The first kappa shape index (κ1) is 14.8. The third-order valence-corrected chi connectivity index (χ3v) is 4.86.